The van der Waals surface area contributed by atoms with Crippen LogP contribution in [0, 0.1) is 5.92 Å². The van der Waals surface area contributed by atoms with Crippen molar-refractivity contribution in [1.29, 1.82) is 0 Å². The predicted molar refractivity (Wildman–Crippen MR) is 135 cm³/mol. The van der Waals surface area contributed by atoms with Crippen molar-refractivity contribution in [2.45, 2.75) is 31.6 Å². The number of halogens is 1. The molecular formula is C26H27ClN2O4S. The SMILES string of the molecule is CC(C)CNS(=O)(=O)c1ccc(CCC(=O)Nc2ccc(Cl)cc2C(=O)c2ccccc2)cc1. The molecule has 0 aliphatic carbocycles. The van der Waals surface area contributed by atoms with E-state index in [2.05, 4.69) is 10.0 Å². The zero-order valence-electron chi connectivity index (χ0n) is 19.0. The summed E-state index contributed by atoms with van der Waals surface area (Å²) in [5.74, 6) is -0.294. The molecule has 178 valence electrons. The first-order valence-corrected chi connectivity index (χ1v) is 12.8. The summed E-state index contributed by atoms with van der Waals surface area (Å²) in [5.41, 5.74) is 2.03. The molecule has 0 spiro atoms. The summed E-state index contributed by atoms with van der Waals surface area (Å²) in [6.45, 7) is 4.23. The van der Waals surface area contributed by atoms with E-state index in [1.54, 1.807) is 54.6 Å². The van der Waals surface area contributed by atoms with Gasteiger partial charge in [-0.05, 0) is 48.2 Å². The van der Waals surface area contributed by atoms with Gasteiger partial charge in [-0.15, -0.1) is 0 Å². The number of carbonyl (C=O) groups excluding carboxylic acids is 2. The molecule has 0 fully saturated rings. The molecule has 0 aliphatic rings. The molecule has 0 atom stereocenters. The first kappa shape index (κ1) is 25.6. The van der Waals surface area contributed by atoms with Crippen LogP contribution in [0.3, 0.4) is 0 Å². The van der Waals surface area contributed by atoms with Crippen LogP contribution in [0.25, 0.3) is 0 Å². The smallest absolute Gasteiger partial charge is 0.240 e. The van der Waals surface area contributed by atoms with Gasteiger partial charge in [0.1, 0.15) is 0 Å². The van der Waals surface area contributed by atoms with Crippen molar-refractivity contribution in [2.24, 2.45) is 5.92 Å². The van der Waals surface area contributed by atoms with Crippen LogP contribution in [0.15, 0.2) is 77.7 Å². The number of sulfonamides is 1. The third kappa shape index (κ3) is 7.00. The Labute approximate surface area is 205 Å². The fourth-order valence-electron chi connectivity index (χ4n) is 3.22. The Morgan fingerprint density at radius 3 is 2.26 bits per heavy atom. The molecule has 6 nitrogen and oxygen atoms in total. The van der Waals surface area contributed by atoms with Crippen LogP contribution in [0.5, 0.6) is 0 Å². The minimum absolute atomic E-state index is 0.166. The van der Waals surface area contributed by atoms with Crippen LogP contribution >= 0.6 is 11.6 Å². The molecule has 2 N–H and O–H groups in total. The normalized spacial score (nSPS) is 11.4. The van der Waals surface area contributed by atoms with Gasteiger partial charge in [0.05, 0.1) is 10.6 Å². The molecule has 0 aliphatic heterocycles. The van der Waals surface area contributed by atoms with E-state index in [-0.39, 0.29) is 28.9 Å². The number of ketones is 1. The average Bonchev–Trinajstić information content (AvgIpc) is 2.83. The second-order valence-corrected chi connectivity index (χ2v) is 10.5. The Morgan fingerprint density at radius 1 is 0.941 bits per heavy atom. The van der Waals surface area contributed by atoms with Crippen molar-refractivity contribution in [2.75, 3.05) is 11.9 Å². The van der Waals surface area contributed by atoms with Crippen molar-refractivity contribution >= 4 is 39.0 Å². The lowest BCUT2D eigenvalue weighted by Crippen LogP contribution is -2.27. The standard InChI is InChI=1S/C26H27ClN2O4S/c1-18(2)17-28-34(32,33)22-12-8-19(9-13-22)10-15-25(30)29-24-14-11-21(27)16-23(24)26(31)20-6-4-3-5-7-20/h3-9,11-14,16,18,28H,10,15,17H2,1-2H3,(H,29,30). The topological polar surface area (TPSA) is 92.3 Å². The molecule has 0 aromatic heterocycles. The monoisotopic (exact) mass is 498 g/mol. The summed E-state index contributed by atoms with van der Waals surface area (Å²) in [7, 11) is -3.56. The molecule has 3 rings (SSSR count). The first-order chi connectivity index (χ1) is 16.2. The van der Waals surface area contributed by atoms with Gasteiger partial charge in [-0.2, -0.15) is 0 Å². The highest BCUT2D eigenvalue weighted by Crippen LogP contribution is 2.24. The second-order valence-electron chi connectivity index (χ2n) is 8.32. The van der Waals surface area contributed by atoms with Crippen LogP contribution < -0.4 is 10.0 Å². The zero-order chi connectivity index (χ0) is 24.7. The summed E-state index contributed by atoms with van der Waals surface area (Å²) < 4.78 is 27.2. The van der Waals surface area contributed by atoms with E-state index < -0.39 is 10.0 Å². The third-order valence-electron chi connectivity index (χ3n) is 5.09. The van der Waals surface area contributed by atoms with Crippen LogP contribution in [-0.4, -0.2) is 26.7 Å². The second kappa shape index (κ2) is 11.4. The van der Waals surface area contributed by atoms with Gasteiger partial charge in [0.2, 0.25) is 15.9 Å². The van der Waals surface area contributed by atoms with Gasteiger partial charge in [0, 0.05) is 29.1 Å². The molecule has 34 heavy (non-hydrogen) atoms. The Morgan fingerprint density at radius 2 is 1.62 bits per heavy atom. The molecule has 0 unspecified atom stereocenters. The number of nitrogens with one attached hydrogen (secondary N) is 2. The first-order valence-electron chi connectivity index (χ1n) is 10.9. The number of aryl methyl sites for hydroxylation is 1. The Balaban J connectivity index is 1.64. The van der Waals surface area contributed by atoms with Gasteiger partial charge < -0.3 is 5.32 Å². The molecule has 0 saturated carbocycles. The lowest BCUT2D eigenvalue weighted by atomic mass is 10.0. The number of rotatable bonds is 10. The zero-order valence-corrected chi connectivity index (χ0v) is 20.6. The molecule has 8 heteroatoms. The van der Waals surface area contributed by atoms with Crippen LogP contribution in [0.4, 0.5) is 5.69 Å². The van der Waals surface area contributed by atoms with Gasteiger partial charge >= 0.3 is 0 Å². The van der Waals surface area contributed by atoms with E-state index in [1.165, 1.54) is 12.1 Å². The minimum atomic E-state index is -3.56. The van der Waals surface area contributed by atoms with E-state index in [0.717, 1.165) is 5.56 Å². The Bertz CT molecular complexity index is 1260. The van der Waals surface area contributed by atoms with Gasteiger partial charge in [-0.3, -0.25) is 9.59 Å². The van der Waals surface area contributed by atoms with Crippen LogP contribution in [0.2, 0.25) is 5.02 Å². The fraction of sp³-hybridized carbons (Fsp3) is 0.231. The van der Waals surface area contributed by atoms with Gasteiger partial charge in [0.25, 0.3) is 0 Å². The number of amides is 1. The Kier molecular flexibility index (Phi) is 8.61. The number of hydrogen-bond acceptors (Lipinski definition) is 4. The third-order valence-corrected chi connectivity index (χ3v) is 6.77. The average molecular weight is 499 g/mol. The summed E-state index contributed by atoms with van der Waals surface area (Å²) in [6.07, 6.45) is 0.584. The molecule has 0 heterocycles. The van der Waals surface area contributed by atoms with E-state index in [9.17, 15) is 18.0 Å². The lowest BCUT2D eigenvalue weighted by Gasteiger charge is -2.12. The quantitative estimate of drug-likeness (QED) is 0.381. The maximum Gasteiger partial charge on any atom is 0.240 e. The van der Waals surface area contributed by atoms with Gasteiger partial charge in [-0.1, -0.05) is 67.9 Å². The van der Waals surface area contributed by atoms with Gasteiger partial charge in [0.15, 0.2) is 5.78 Å². The van der Waals surface area contributed by atoms with E-state index in [0.29, 0.717) is 34.8 Å². The molecule has 0 radical (unpaired) electrons. The van der Waals surface area contributed by atoms with Crippen molar-refractivity contribution in [3.05, 3.63) is 94.5 Å². The molecule has 0 bridgehead atoms. The molecular weight excluding hydrogens is 472 g/mol. The molecule has 3 aromatic carbocycles. The summed E-state index contributed by atoms with van der Waals surface area (Å²) in [4.78, 5) is 25.7. The summed E-state index contributed by atoms with van der Waals surface area (Å²) in [6, 6.07) is 20.0. The highest BCUT2D eigenvalue weighted by Gasteiger charge is 2.17. The lowest BCUT2D eigenvalue weighted by molar-refractivity contribution is -0.116. The maximum absolute atomic E-state index is 12.9. The van der Waals surface area contributed by atoms with Gasteiger partial charge in [-0.25, -0.2) is 13.1 Å². The highest BCUT2D eigenvalue weighted by molar-refractivity contribution is 7.89. The maximum atomic E-state index is 12.9. The largest absolute Gasteiger partial charge is 0.325 e. The van der Waals surface area contributed by atoms with E-state index >= 15 is 0 Å². The number of anilines is 1. The van der Waals surface area contributed by atoms with Crippen molar-refractivity contribution in [1.82, 2.24) is 4.72 Å². The van der Waals surface area contributed by atoms with E-state index in [4.69, 9.17) is 11.6 Å². The number of hydrogen-bond donors (Lipinski definition) is 2. The fourth-order valence-corrected chi connectivity index (χ4v) is 4.61. The molecule has 3 aromatic rings. The van der Waals surface area contributed by atoms with Crippen LogP contribution in [-0.2, 0) is 21.2 Å². The molecule has 1 amide bonds. The number of carbonyl (C=O) groups is 2. The summed E-state index contributed by atoms with van der Waals surface area (Å²) >= 11 is 6.09. The Hall–Kier alpha value is -3.00. The molecule has 0 saturated heterocycles. The van der Waals surface area contributed by atoms with Crippen LogP contribution in [0.1, 0.15) is 41.8 Å². The van der Waals surface area contributed by atoms with Crippen molar-refractivity contribution in [3.8, 4) is 0 Å². The highest BCUT2D eigenvalue weighted by atomic mass is 35.5. The summed E-state index contributed by atoms with van der Waals surface area (Å²) in [5, 5.41) is 3.20. The van der Waals surface area contributed by atoms with E-state index in [1.807, 2.05) is 19.9 Å². The minimum Gasteiger partial charge on any atom is -0.325 e. The van der Waals surface area contributed by atoms with Crippen molar-refractivity contribution < 1.29 is 18.0 Å². The van der Waals surface area contributed by atoms with Crippen molar-refractivity contribution in [3.63, 3.8) is 0 Å². The predicted octanol–water partition coefficient (Wildman–Crippen LogP) is 5.08. The number of benzene rings is 3.